The zero-order chi connectivity index (χ0) is 20.1. The number of nitrogens with zero attached hydrogens (tertiary/aromatic N) is 2. The van der Waals surface area contributed by atoms with Crippen molar-refractivity contribution < 1.29 is 14.5 Å². The topological polar surface area (TPSA) is 84.7 Å². The second kappa shape index (κ2) is 9.03. The third-order valence-electron chi connectivity index (χ3n) is 4.88. The van der Waals surface area contributed by atoms with Gasteiger partial charge in [0.05, 0.1) is 23.6 Å². The van der Waals surface area contributed by atoms with E-state index in [0.717, 1.165) is 30.0 Å². The number of ether oxygens (including phenoxy) is 1. The molecular formula is C20H22ClN3O4. The Bertz CT molecular complexity index is 874. The lowest BCUT2D eigenvalue weighted by atomic mass is 9.96. The van der Waals surface area contributed by atoms with E-state index >= 15 is 0 Å². The summed E-state index contributed by atoms with van der Waals surface area (Å²) in [6.07, 6.45) is 1.66. The highest BCUT2D eigenvalue weighted by molar-refractivity contribution is 6.31. The van der Waals surface area contributed by atoms with Crippen LogP contribution in [0, 0.1) is 16.0 Å². The van der Waals surface area contributed by atoms with Gasteiger partial charge in [-0.1, -0.05) is 29.8 Å². The molecule has 1 atom stereocenters. The first-order valence-electron chi connectivity index (χ1n) is 9.07. The van der Waals surface area contributed by atoms with Crippen LogP contribution in [0.1, 0.15) is 18.4 Å². The normalized spacial score (nSPS) is 17.1. The number of halogens is 1. The fourth-order valence-electron chi connectivity index (χ4n) is 3.42. The van der Waals surface area contributed by atoms with Crippen LogP contribution in [0.25, 0.3) is 0 Å². The number of carbonyl (C=O) groups excluding carboxylic acids is 1. The van der Waals surface area contributed by atoms with Crippen molar-refractivity contribution in [2.45, 2.75) is 19.4 Å². The highest BCUT2D eigenvalue weighted by Gasteiger charge is 2.27. The molecule has 1 fully saturated rings. The van der Waals surface area contributed by atoms with Crippen LogP contribution in [0.4, 0.5) is 11.4 Å². The van der Waals surface area contributed by atoms with E-state index < -0.39 is 4.92 Å². The minimum absolute atomic E-state index is 0.0971. The van der Waals surface area contributed by atoms with E-state index in [-0.39, 0.29) is 17.5 Å². The van der Waals surface area contributed by atoms with Crippen molar-refractivity contribution in [3.8, 4) is 5.75 Å². The molecule has 8 heteroatoms. The Morgan fingerprint density at radius 2 is 2.14 bits per heavy atom. The Hall–Kier alpha value is -2.64. The van der Waals surface area contributed by atoms with Crippen molar-refractivity contribution in [1.82, 2.24) is 4.90 Å². The van der Waals surface area contributed by atoms with Crippen molar-refractivity contribution in [3.05, 3.63) is 63.2 Å². The van der Waals surface area contributed by atoms with Crippen LogP contribution in [0.2, 0.25) is 5.02 Å². The van der Waals surface area contributed by atoms with Crippen LogP contribution in [0.5, 0.6) is 5.75 Å². The summed E-state index contributed by atoms with van der Waals surface area (Å²) in [5.41, 5.74) is 1.25. The molecular weight excluding hydrogens is 382 g/mol. The Morgan fingerprint density at radius 1 is 1.36 bits per heavy atom. The molecule has 0 aliphatic carbocycles. The third kappa shape index (κ3) is 4.79. The van der Waals surface area contributed by atoms with E-state index in [2.05, 4.69) is 10.2 Å². The quantitative estimate of drug-likeness (QED) is 0.579. The maximum absolute atomic E-state index is 12.8. The molecule has 3 rings (SSSR count). The van der Waals surface area contributed by atoms with E-state index in [1.165, 1.54) is 25.3 Å². The van der Waals surface area contributed by atoms with Gasteiger partial charge in [-0.15, -0.1) is 0 Å². The molecule has 1 amide bonds. The van der Waals surface area contributed by atoms with Gasteiger partial charge in [-0.05, 0) is 37.1 Å². The van der Waals surface area contributed by atoms with Gasteiger partial charge in [0.2, 0.25) is 5.91 Å². The maximum atomic E-state index is 12.8. The fourth-order valence-corrected chi connectivity index (χ4v) is 3.62. The van der Waals surface area contributed by atoms with E-state index in [1.54, 1.807) is 0 Å². The average molecular weight is 404 g/mol. The van der Waals surface area contributed by atoms with E-state index in [9.17, 15) is 14.9 Å². The fraction of sp³-hybridized carbons (Fsp3) is 0.350. The number of non-ortho nitro benzene ring substituents is 1. The van der Waals surface area contributed by atoms with Gasteiger partial charge in [0.1, 0.15) is 5.75 Å². The third-order valence-corrected chi connectivity index (χ3v) is 5.25. The summed E-state index contributed by atoms with van der Waals surface area (Å²) in [5, 5.41) is 14.5. The summed E-state index contributed by atoms with van der Waals surface area (Å²) in [7, 11) is 1.46. The Labute approximate surface area is 168 Å². The molecule has 1 heterocycles. The van der Waals surface area contributed by atoms with Crippen molar-refractivity contribution in [2.75, 3.05) is 25.5 Å². The molecule has 2 aromatic carbocycles. The summed E-state index contributed by atoms with van der Waals surface area (Å²) in [5.74, 6) is 0.0190. The van der Waals surface area contributed by atoms with E-state index in [0.29, 0.717) is 24.5 Å². The number of nitro benzene ring substituents is 1. The summed E-state index contributed by atoms with van der Waals surface area (Å²) >= 11 is 6.25. The number of likely N-dealkylation sites (tertiary alicyclic amines) is 1. The lowest BCUT2D eigenvalue weighted by Gasteiger charge is -2.32. The van der Waals surface area contributed by atoms with Gasteiger partial charge < -0.3 is 10.1 Å². The van der Waals surface area contributed by atoms with Crippen LogP contribution in [-0.2, 0) is 11.3 Å². The molecule has 0 saturated carbocycles. The first-order valence-corrected chi connectivity index (χ1v) is 9.44. The van der Waals surface area contributed by atoms with Gasteiger partial charge in [0.15, 0.2) is 0 Å². The summed E-state index contributed by atoms with van der Waals surface area (Å²) in [6, 6.07) is 11.8. The number of anilines is 1. The first kappa shape index (κ1) is 20.1. The predicted octanol–water partition coefficient (Wildman–Crippen LogP) is 4.11. The minimum atomic E-state index is -0.499. The number of methoxy groups -OCH3 is 1. The Morgan fingerprint density at radius 3 is 2.86 bits per heavy atom. The van der Waals surface area contributed by atoms with Gasteiger partial charge in [-0.3, -0.25) is 19.8 Å². The van der Waals surface area contributed by atoms with E-state index in [1.807, 2.05) is 24.3 Å². The second-order valence-corrected chi connectivity index (χ2v) is 7.20. The Balaban J connectivity index is 1.68. The number of hydrogen-bond acceptors (Lipinski definition) is 5. The summed E-state index contributed by atoms with van der Waals surface area (Å²) in [6.45, 7) is 2.19. The second-order valence-electron chi connectivity index (χ2n) is 6.80. The van der Waals surface area contributed by atoms with Crippen LogP contribution < -0.4 is 10.1 Å². The molecule has 0 spiro atoms. The van der Waals surface area contributed by atoms with Gasteiger partial charge in [0.25, 0.3) is 5.69 Å². The number of amides is 1. The SMILES string of the molecule is COc1ccc([N+](=O)[O-])cc1NC(=O)[C@H]1CCCN(Cc2ccccc2Cl)C1. The van der Waals surface area contributed by atoms with Crippen molar-refractivity contribution in [3.63, 3.8) is 0 Å². The number of piperidine rings is 1. The zero-order valence-electron chi connectivity index (χ0n) is 15.6. The van der Waals surface area contributed by atoms with Crippen LogP contribution in [0.15, 0.2) is 42.5 Å². The van der Waals surface area contributed by atoms with Crippen LogP contribution in [-0.4, -0.2) is 35.9 Å². The number of hydrogen-bond donors (Lipinski definition) is 1. The number of benzene rings is 2. The number of carbonyl (C=O) groups is 1. The highest BCUT2D eigenvalue weighted by atomic mass is 35.5. The summed E-state index contributed by atoms with van der Waals surface area (Å²) in [4.78, 5) is 25.5. The number of nitrogens with one attached hydrogen (secondary N) is 1. The molecule has 1 aliphatic rings. The van der Waals surface area contributed by atoms with Gasteiger partial charge in [-0.2, -0.15) is 0 Å². The van der Waals surface area contributed by atoms with Crippen LogP contribution >= 0.6 is 11.6 Å². The number of nitro groups is 1. The number of rotatable bonds is 6. The molecule has 7 nitrogen and oxygen atoms in total. The predicted molar refractivity (Wildman–Crippen MR) is 108 cm³/mol. The lowest BCUT2D eigenvalue weighted by molar-refractivity contribution is -0.384. The molecule has 1 aliphatic heterocycles. The van der Waals surface area contributed by atoms with Crippen LogP contribution in [0.3, 0.4) is 0 Å². The smallest absolute Gasteiger partial charge is 0.271 e. The highest BCUT2D eigenvalue weighted by Crippen LogP contribution is 2.30. The maximum Gasteiger partial charge on any atom is 0.271 e. The van der Waals surface area contributed by atoms with Gasteiger partial charge >= 0.3 is 0 Å². The van der Waals surface area contributed by atoms with Crippen molar-refractivity contribution in [1.29, 1.82) is 0 Å². The molecule has 1 N–H and O–H groups in total. The van der Waals surface area contributed by atoms with Crippen molar-refractivity contribution >= 4 is 28.9 Å². The van der Waals surface area contributed by atoms with Gasteiger partial charge in [0, 0.05) is 30.2 Å². The van der Waals surface area contributed by atoms with E-state index in [4.69, 9.17) is 16.3 Å². The zero-order valence-corrected chi connectivity index (χ0v) is 16.3. The molecule has 0 unspecified atom stereocenters. The molecule has 28 heavy (non-hydrogen) atoms. The Kier molecular flexibility index (Phi) is 6.49. The van der Waals surface area contributed by atoms with Gasteiger partial charge in [-0.25, -0.2) is 0 Å². The summed E-state index contributed by atoms with van der Waals surface area (Å²) < 4.78 is 5.22. The monoisotopic (exact) mass is 403 g/mol. The standard InChI is InChI=1S/C20H22ClN3O4/c1-28-19-9-8-16(24(26)27)11-18(19)22-20(25)15-6-4-10-23(13-15)12-14-5-2-3-7-17(14)21/h2-3,5,7-9,11,15H,4,6,10,12-13H2,1H3,(H,22,25)/t15-/m0/s1. The largest absolute Gasteiger partial charge is 0.495 e. The average Bonchev–Trinajstić information content (AvgIpc) is 2.70. The minimum Gasteiger partial charge on any atom is -0.495 e. The molecule has 2 aromatic rings. The molecule has 0 bridgehead atoms. The lowest BCUT2D eigenvalue weighted by Crippen LogP contribution is -2.40. The first-order chi connectivity index (χ1) is 13.5. The molecule has 0 radical (unpaired) electrons. The molecule has 148 valence electrons. The molecule has 0 aromatic heterocycles. The van der Waals surface area contributed by atoms with Crippen molar-refractivity contribution in [2.24, 2.45) is 5.92 Å². The molecule has 1 saturated heterocycles.